The van der Waals surface area contributed by atoms with Gasteiger partial charge in [-0.25, -0.2) is 0 Å². The maximum Gasteiger partial charge on any atom is 0.228 e. The van der Waals surface area contributed by atoms with Gasteiger partial charge in [0.05, 0.1) is 16.9 Å². The van der Waals surface area contributed by atoms with Crippen LogP contribution in [-0.2, 0) is 15.6 Å². The fourth-order valence-electron chi connectivity index (χ4n) is 4.09. The lowest BCUT2D eigenvalue weighted by molar-refractivity contribution is -0.126. The van der Waals surface area contributed by atoms with Crippen molar-refractivity contribution in [3.8, 4) is 6.07 Å². The summed E-state index contributed by atoms with van der Waals surface area (Å²) in [4.78, 5) is 11.4. The van der Waals surface area contributed by atoms with Gasteiger partial charge in [0, 0.05) is 0 Å². The minimum Gasteiger partial charge on any atom is -0.369 e. The molecule has 2 aliphatic carbocycles. The van der Waals surface area contributed by atoms with Gasteiger partial charge in [-0.3, -0.25) is 4.79 Å². The van der Waals surface area contributed by atoms with E-state index in [1.165, 1.54) is 23.1 Å². The Kier molecular flexibility index (Phi) is 5.37. The lowest BCUT2D eigenvalue weighted by Crippen LogP contribution is -2.46. The summed E-state index contributed by atoms with van der Waals surface area (Å²) in [6.07, 6.45) is 6.19. The normalized spacial score (nSPS) is 18.7. The third-order valence-electron chi connectivity index (χ3n) is 6.24. The molecule has 3 nitrogen and oxygen atoms in total. The molecule has 0 heterocycles. The minimum absolute atomic E-state index is 0.147. The highest BCUT2D eigenvalue weighted by atomic mass is 16.1. The molecule has 140 valence electrons. The van der Waals surface area contributed by atoms with E-state index in [0.29, 0.717) is 0 Å². The molecule has 3 heteroatoms. The number of nitrogens with two attached hydrogens (primary N) is 1. The van der Waals surface area contributed by atoms with Crippen molar-refractivity contribution in [3.63, 3.8) is 0 Å². The molecule has 0 atom stereocenters. The van der Waals surface area contributed by atoms with E-state index in [4.69, 9.17) is 11.0 Å². The highest BCUT2D eigenvalue weighted by molar-refractivity contribution is 5.87. The molecule has 2 fully saturated rings. The Morgan fingerprint density at radius 3 is 1.81 bits per heavy atom. The minimum atomic E-state index is -0.355. The van der Waals surface area contributed by atoms with Gasteiger partial charge in [-0.15, -0.1) is 0 Å². The number of aryl methyl sites for hydroxylation is 2. The van der Waals surface area contributed by atoms with Gasteiger partial charge >= 0.3 is 0 Å². The van der Waals surface area contributed by atoms with Crippen LogP contribution in [0.4, 0.5) is 0 Å². The van der Waals surface area contributed by atoms with Gasteiger partial charge in [0.25, 0.3) is 0 Å². The molecule has 2 saturated carbocycles. The second-order valence-corrected chi connectivity index (χ2v) is 8.09. The SMILES string of the molecule is Cc1cccc(C2(C#N)CCC2)c1.Cc1cccc(C2(C(N)=O)CCC2)c1. The average molecular weight is 361 g/mol. The van der Waals surface area contributed by atoms with E-state index < -0.39 is 0 Å². The number of carbonyl (C=O) groups is 1. The van der Waals surface area contributed by atoms with Crippen molar-refractivity contribution >= 4 is 5.91 Å². The Morgan fingerprint density at radius 1 is 0.926 bits per heavy atom. The topological polar surface area (TPSA) is 66.9 Å². The number of primary amides is 1. The van der Waals surface area contributed by atoms with Gasteiger partial charge in [0.2, 0.25) is 5.91 Å². The first-order valence-electron chi connectivity index (χ1n) is 9.77. The molecule has 2 aromatic rings. The summed E-state index contributed by atoms with van der Waals surface area (Å²) in [6.45, 7) is 4.12. The maximum atomic E-state index is 11.4. The number of rotatable bonds is 3. The first kappa shape index (κ1) is 19.2. The summed E-state index contributed by atoms with van der Waals surface area (Å²) in [5.74, 6) is -0.172. The molecule has 0 aliphatic heterocycles. The standard InChI is InChI=1S/C12H15NO.C12H13N/c1-9-4-2-5-10(8-9)12(11(13)14)6-3-7-12;1-10-4-2-5-11(8-10)12(9-13)6-3-7-12/h2,4-5,8H,3,6-7H2,1H3,(H2,13,14);2,4-5,8H,3,6-7H2,1H3. The molecular weight excluding hydrogens is 332 g/mol. The second kappa shape index (κ2) is 7.56. The van der Waals surface area contributed by atoms with Crippen molar-refractivity contribution in [1.29, 1.82) is 5.26 Å². The Labute approximate surface area is 162 Å². The van der Waals surface area contributed by atoms with Gasteiger partial charge in [-0.05, 0) is 57.1 Å². The van der Waals surface area contributed by atoms with Crippen molar-refractivity contribution < 1.29 is 4.79 Å². The average Bonchev–Trinajstić information content (AvgIpc) is 2.54. The predicted octanol–water partition coefficient (Wildman–Crippen LogP) is 4.84. The Bertz CT molecular complexity index is 870. The van der Waals surface area contributed by atoms with E-state index in [1.807, 2.05) is 31.2 Å². The van der Waals surface area contributed by atoms with Crippen molar-refractivity contribution in [1.82, 2.24) is 0 Å². The third-order valence-corrected chi connectivity index (χ3v) is 6.24. The van der Waals surface area contributed by atoms with Crippen LogP contribution in [0.5, 0.6) is 0 Å². The summed E-state index contributed by atoms with van der Waals surface area (Å²) >= 11 is 0. The van der Waals surface area contributed by atoms with Crippen molar-refractivity contribution in [2.45, 2.75) is 63.2 Å². The van der Waals surface area contributed by atoms with Crippen LogP contribution in [0.25, 0.3) is 0 Å². The van der Waals surface area contributed by atoms with E-state index in [2.05, 4.69) is 37.3 Å². The van der Waals surface area contributed by atoms with E-state index in [-0.39, 0.29) is 16.7 Å². The highest BCUT2D eigenvalue weighted by Gasteiger charge is 2.44. The molecule has 0 unspecified atom stereocenters. The molecule has 0 saturated heterocycles. The Morgan fingerprint density at radius 2 is 1.44 bits per heavy atom. The van der Waals surface area contributed by atoms with Crippen LogP contribution in [-0.4, -0.2) is 5.91 Å². The number of hydrogen-bond acceptors (Lipinski definition) is 2. The number of amides is 1. The summed E-state index contributed by atoms with van der Waals surface area (Å²) < 4.78 is 0. The number of hydrogen-bond donors (Lipinski definition) is 1. The summed E-state index contributed by atoms with van der Waals surface area (Å²) in [6, 6.07) is 18.9. The van der Waals surface area contributed by atoms with E-state index in [1.54, 1.807) is 0 Å². The molecule has 1 amide bonds. The van der Waals surface area contributed by atoms with Crippen LogP contribution >= 0.6 is 0 Å². The largest absolute Gasteiger partial charge is 0.369 e. The van der Waals surface area contributed by atoms with Gasteiger partial charge < -0.3 is 5.73 Å². The van der Waals surface area contributed by atoms with Gasteiger partial charge in [-0.1, -0.05) is 66.1 Å². The molecule has 0 aromatic heterocycles. The first-order chi connectivity index (χ1) is 12.9. The molecular formula is C24H28N2O. The fourth-order valence-corrected chi connectivity index (χ4v) is 4.09. The predicted molar refractivity (Wildman–Crippen MR) is 108 cm³/mol. The Balaban J connectivity index is 0.000000156. The quantitative estimate of drug-likeness (QED) is 0.851. The van der Waals surface area contributed by atoms with Gasteiger partial charge in [0.15, 0.2) is 0 Å². The number of benzene rings is 2. The lowest BCUT2D eigenvalue weighted by atomic mass is 9.64. The van der Waals surface area contributed by atoms with Crippen LogP contribution in [0.1, 0.15) is 60.8 Å². The lowest BCUT2D eigenvalue weighted by Gasteiger charge is -2.39. The van der Waals surface area contributed by atoms with Crippen LogP contribution < -0.4 is 5.73 Å². The van der Waals surface area contributed by atoms with Crippen LogP contribution in [0.3, 0.4) is 0 Å². The summed E-state index contributed by atoms with van der Waals surface area (Å²) in [7, 11) is 0. The van der Waals surface area contributed by atoms with Crippen LogP contribution in [0, 0.1) is 25.2 Å². The zero-order valence-corrected chi connectivity index (χ0v) is 16.3. The fraction of sp³-hybridized carbons (Fsp3) is 0.417. The smallest absolute Gasteiger partial charge is 0.228 e. The molecule has 27 heavy (non-hydrogen) atoms. The number of nitriles is 1. The number of nitrogens with zero attached hydrogens (tertiary/aromatic N) is 1. The molecule has 4 rings (SSSR count). The van der Waals surface area contributed by atoms with E-state index >= 15 is 0 Å². The second-order valence-electron chi connectivity index (χ2n) is 8.09. The maximum absolute atomic E-state index is 11.4. The zero-order valence-electron chi connectivity index (χ0n) is 16.3. The third kappa shape index (κ3) is 3.62. The van der Waals surface area contributed by atoms with E-state index in [0.717, 1.165) is 37.7 Å². The molecule has 2 aromatic carbocycles. The van der Waals surface area contributed by atoms with Gasteiger partial charge in [0.1, 0.15) is 0 Å². The van der Waals surface area contributed by atoms with Crippen molar-refractivity contribution in [2.24, 2.45) is 5.73 Å². The Hall–Kier alpha value is -2.60. The molecule has 0 radical (unpaired) electrons. The molecule has 2 aliphatic rings. The molecule has 0 bridgehead atoms. The molecule has 0 spiro atoms. The summed E-state index contributed by atoms with van der Waals surface area (Å²) in [5, 5.41) is 9.13. The van der Waals surface area contributed by atoms with Crippen LogP contribution in [0.2, 0.25) is 0 Å². The zero-order chi connectivity index (χ0) is 19.5. The van der Waals surface area contributed by atoms with Crippen LogP contribution in [0.15, 0.2) is 48.5 Å². The number of carbonyl (C=O) groups excluding carboxylic acids is 1. The van der Waals surface area contributed by atoms with Crippen molar-refractivity contribution in [3.05, 3.63) is 70.8 Å². The highest BCUT2D eigenvalue weighted by Crippen LogP contribution is 2.44. The first-order valence-corrected chi connectivity index (χ1v) is 9.77. The monoisotopic (exact) mass is 360 g/mol. The summed E-state index contributed by atoms with van der Waals surface area (Å²) in [5.41, 5.74) is 9.72. The van der Waals surface area contributed by atoms with Crippen molar-refractivity contribution in [2.75, 3.05) is 0 Å². The van der Waals surface area contributed by atoms with E-state index in [9.17, 15) is 4.79 Å². The van der Waals surface area contributed by atoms with Gasteiger partial charge in [-0.2, -0.15) is 5.26 Å². The molecule has 2 N–H and O–H groups in total.